The average Bonchev–Trinajstić information content (AvgIpc) is 2.66. The van der Waals surface area contributed by atoms with Gasteiger partial charge >= 0.3 is 5.97 Å². The van der Waals surface area contributed by atoms with Crippen molar-refractivity contribution in [2.24, 2.45) is 0 Å². The molecule has 1 unspecified atom stereocenters. The van der Waals surface area contributed by atoms with E-state index in [4.69, 9.17) is 9.84 Å². The summed E-state index contributed by atoms with van der Waals surface area (Å²) in [4.78, 5) is 21.5. The highest BCUT2D eigenvalue weighted by atomic mass is 32.2. The summed E-state index contributed by atoms with van der Waals surface area (Å²) in [5, 5.41) is 8.89. The van der Waals surface area contributed by atoms with E-state index >= 15 is 0 Å². The molecular weight excluding hydrogens is 370 g/mol. The molecule has 0 bridgehead atoms. The summed E-state index contributed by atoms with van der Waals surface area (Å²) in [7, 11) is -4.28. The SMILES string of the molecule is CCC(C)c1ccc(Oc2ccccc2S(=O)(=O)N[C@H](C=O)C(=O)O)cc1. The second kappa shape index (κ2) is 8.79. The maximum absolute atomic E-state index is 12.5. The smallest absolute Gasteiger partial charge is 0.329 e. The lowest BCUT2D eigenvalue weighted by Gasteiger charge is -2.14. The Morgan fingerprint density at radius 3 is 2.37 bits per heavy atom. The van der Waals surface area contributed by atoms with Crippen LogP contribution >= 0.6 is 0 Å². The van der Waals surface area contributed by atoms with E-state index in [1.165, 1.54) is 18.2 Å². The first-order valence-corrected chi connectivity index (χ1v) is 9.84. The number of para-hydroxylation sites is 1. The van der Waals surface area contributed by atoms with E-state index < -0.39 is 22.0 Å². The molecule has 0 aliphatic carbocycles. The van der Waals surface area contributed by atoms with E-state index in [-0.39, 0.29) is 16.9 Å². The Bertz CT molecular complexity index is 908. The average molecular weight is 391 g/mol. The van der Waals surface area contributed by atoms with Gasteiger partial charge in [0.05, 0.1) is 0 Å². The fraction of sp³-hybridized carbons (Fsp3) is 0.263. The van der Waals surface area contributed by atoms with Crippen molar-refractivity contribution in [3.8, 4) is 11.5 Å². The number of ether oxygens (including phenoxy) is 1. The van der Waals surface area contributed by atoms with E-state index in [2.05, 4.69) is 13.8 Å². The third-order valence-electron chi connectivity index (χ3n) is 4.11. The molecule has 7 nitrogen and oxygen atoms in total. The van der Waals surface area contributed by atoms with Gasteiger partial charge in [0.2, 0.25) is 10.0 Å². The predicted octanol–water partition coefficient (Wildman–Crippen LogP) is 2.92. The number of benzene rings is 2. The van der Waals surface area contributed by atoms with Crippen LogP contribution in [-0.2, 0) is 19.6 Å². The second-order valence-corrected chi connectivity index (χ2v) is 7.68. The van der Waals surface area contributed by atoms with Gasteiger partial charge in [-0.05, 0) is 42.2 Å². The quantitative estimate of drug-likeness (QED) is 0.502. The zero-order chi connectivity index (χ0) is 20.0. The fourth-order valence-electron chi connectivity index (χ4n) is 2.35. The van der Waals surface area contributed by atoms with E-state index in [0.29, 0.717) is 11.7 Å². The van der Waals surface area contributed by atoms with Gasteiger partial charge < -0.3 is 14.6 Å². The standard InChI is InChI=1S/C19H21NO6S/c1-3-13(2)14-8-10-15(11-9-14)26-17-6-4-5-7-18(17)27(24,25)20-16(12-21)19(22)23/h4-13,16,20H,3H2,1-2H3,(H,22,23)/t13?,16-/m1/s1. The Labute approximate surface area is 158 Å². The Kier molecular flexibility index (Phi) is 6.70. The molecule has 8 heteroatoms. The van der Waals surface area contributed by atoms with E-state index in [0.717, 1.165) is 12.0 Å². The van der Waals surface area contributed by atoms with Crippen molar-refractivity contribution in [1.29, 1.82) is 0 Å². The predicted molar refractivity (Wildman–Crippen MR) is 99.5 cm³/mol. The minimum atomic E-state index is -4.28. The molecule has 0 aliphatic rings. The highest BCUT2D eigenvalue weighted by molar-refractivity contribution is 7.89. The minimum Gasteiger partial charge on any atom is -0.480 e. The fourth-order valence-corrected chi connectivity index (χ4v) is 3.60. The van der Waals surface area contributed by atoms with Gasteiger partial charge in [0.25, 0.3) is 0 Å². The number of rotatable bonds is 9. The van der Waals surface area contributed by atoms with Crippen molar-refractivity contribution in [2.45, 2.75) is 37.1 Å². The molecule has 0 fully saturated rings. The molecule has 2 atom stereocenters. The Balaban J connectivity index is 2.30. The third-order valence-corrected chi connectivity index (χ3v) is 5.59. The number of aliphatic carboxylic acids is 1. The van der Waals surface area contributed by atoms with Crippen molar-refractivity contribution in [2.75, 3.05) is 0 Å². The number of carbonyl (C=O) groups is 2. The van der Waals surface area contributed by atoms with Gasteiger partial charge in [-0.2, -0.15) is 4.72 Å². The number of aldehydes is 1. The lowest BCUT2D eigenvalue weighted by molar-refractivity contribution is -0.140. The second-order valence-electron chi connectivity index (χ2n) is 6.00. The lowest BCUT2D eigenvalue weighted by atomic mass is 9.99. The van der Waals surface area contributed by atoms with Crippen LogP contribution in [0.5, 0.6) is 11.5 Å². The largest absolute Gasteiger partial charge is 0.480 e. The van der Waals surface area contributed by atoms with Gasteiger partial charge in [0.1, 0.15) is 22.7 Å². The third kappa shape index (κ3) is 5.15. The highest BCUT2D eigenvalue weighted by Crippen LogP contribution is 2.30. The zero-order valence-electron chi connectivity index (χ0n) is 15.0. The van der Waals surface area contributed by atoms with Crippen molar-refractivity contribution < 1.29 is 27.9 Å². The first kappa shape index (κ1) is 20.6. The van der Waals surface area contributed by atoms with Crippen LogP contribution in [0.4, 0.5) is 0 Å². The molecule has 2 N–H and O–H groups in total. The van der Waals surface area contributed by atoms with Crippen LogP contribution in [0.1, 0.15) is 31.7 Å². The van der Waals surface area contributed by atoms with Crippen molar-refractivity contribution >= 4 is 22.3 Å². The maximum Gasteiger partial charge on any atom is 0.329 e. The van der Waals surface area contributed by atoms with Crippen molar-refractivity contribution in [1.82, 2.24) is 4.72 Å². The number of carbonyl (C=O) groups excluding carboxylic acids is 1. The Morgan fingerprint density at radius 2 is 1.81 bits per heavy atom. The number of nitrogens with one attached hydrogen (secondary N) is 1. The van der Waals surface area contributed by atoms with Gasteiger partial charge in [-0.1, -0.05) is 38.1 Å². The first-order valence-electron chi connectivity index (χ1n) is 8.35. The summed E-state index contributed by atoms with van der Waals surface area (Å²) in [6.07, 6.45) is 1.01. The molecule has 0 radical (unpaired) electrons. The van der Waals surface area contributed by atoms with Crippen molar-refractivity contribution in [3.63, 3.8) is 0 Å². The molecule has 0 saturated heterocycles. The summed E-state index contributed by atoms with van der Waals surface area (Å²) in [5.41, 5.74) is 1.14. The molecule has 0 aliphatic heterocycles. The maximum atomic E-state index is 12.5. The number of hydrogen-bond acceptors (Lipinski definition) is 5. The van der Waals surface area contributed by atoms with Crippen LogP contribution in [0.3, 0.4) is 0 Å². The molecule has 0 aromatic heterocycles. The van der Waals surface area contributed by atoms with Crippen LogP contribution < -0.4 is 9.46 Å². The van der Waals surface area contributed by atoms with Crippen LogP contribution in [0.15, 0.2) is 53.4 Å². The molecule has 0 heterocycles. The first-order chi connectivity index (χ1) is 12.8. The minimum absolute atomic E-state index is 0.0109. The summed E-state index contributed by atoms with van der Waals surface area (Å²) in [5.74, 6) is -0.731. The number of hydrogen-bond donors (Lipinski definition) is 2. The molecule has 2 aromatic rings. The van der Waals surface area contributed by atoms with Crippen LogP contribution in [-0.4, -0.2) is 31.8 Å². The van der Waals surface area contributed by atoms with E-state index in [1.54, 1.807) is 18.2 Å². The molecule has 144 valence electrons. The summed E-state index contributed by atoms with van der Waals surface area (Å²) in [6.45, 7) is 4.20. The normalized spacial score (nSPS) is 13.6. The van der Waals surface area contributed by atoms with E-state index in [9.17, 15) is 18.0 Å². The molecule has 2 aromatic carbocycles. The summed E-state index contributed by atoms with van der Waals surface area (Å²) in [6, 6.07) is 11.2. The monoisotopic (exact) mass is 391 g/mol. The molecule has 2 rings (SSSR count). The van der Waals surface area contributed by atoms with Gasteiger partial charge in [0.15, 0.2) is 6.04 Å². The zero-order valence-corrected chi connectivity index (χ0v) is 15.8. The number of sulfonamides is 1. The number of carboxylic acids is 1. The molecule has 0 spiro atoms. The molecule has 0 amide bonds. The number of carboxylic acid groups (broad SMARTS) is 1. The van der Waals surface area contributed by atoms with Gasteiger partial charge in [-0.3, -0.25) is 4.79 Å². The molecular formula is C19H21NO6S. The van der Waals surface area contributed by atoms with E-state index in [1.807, 2.05) is 16.9 Å². The Morgan fingerprint density at radius 1 is 1.19 bits per heavy atom. The Hall–Kier alpha value is -2.71. The molecule has 27 heavy (non-hydrogen) atoms. The summed E-state index contributed by atoms with van der Waals surface area (Å²) >= 11 is 0. The van der Waals surface area contributed by atoms with Crippen LogP contribution in [0.2, 0.25) is 0 Å². The van der Waals surface area contributed by atoms with Gasteiger partial charge in [-0.15, -0.1) is 0 Å². The van der Waals surface area contributed by atoms with Crippen LogP contribution in [0.25, 0.3) is 0 Å². The van der Waals surface area contributed by atoms with Crippen molar-refractivity contribution in [3.05, 3.63) is 54.1 Å². The topological polar surface area (TPSA) is 110 Å². The summed E-state index contributed by atoms with van der Waals surface area (Å²) < 4.78 is 32.5. The lowest BCUT2D eigenvalue weighted by Crippen LogP contribution is -2.41. The van der Waals surface area contributed by atoms with Gasteiger partial charge in [0, 0.05) is 0 Å². The molecule has 0 saturated carbocycles. The van der Waals surface area contributed by atoms with Gasteiger partial charge in [-0.25, -0.2) is 8.42 Å². The van der Waals surface area contributed by atoms with Crippen LogP contribution in [0, 0.1) is 0 Å². The highest BCUT2D eigenvalue weighted by Gasteiger charge is 2.27.